The second-order valence-corrected chi connectivity index (χ2v) is 17.0. The van der Waals surface area contributed by atoms with Crippen LogP contribution in [0.5, 0.6) is 0 Å². The molecule has 13 rings (SSSR count). The van der Waals surface area contributed by atoms with Crippen molar-refractivity contribution in [3.05, 3.63) is 209 Å². The summed E-state index contributed by atoms with van der Waals surface area (Å²) < 4.78 is 4.75. The molecule has 2 N–H and O–H groups in total. The van der Waals surface area contributed by atoms with E-state index in [1.54, 1.807) is 0 Å². The summed E-state index contributed by atoms with van der Waals surface area (Å²) in [6.07, 6.45) is 16.3. The van der Waals surface area contributed by atoms with Crippen molar-refractivity contribution in [3.8, 4) is 11.1 Å². The Hall–Kier alpha value is -7.30. The molecule has 0 saturated carbocycles. The summed E-state index contributed by atoms with van der Waals surface area (Å²) in [4.78, 5) is 0. The number of hydrogen-bond donors (Lipinski definition) is 2. The SMILES string of the molecule is N=C(CC1CCc2ccccc2-c2cc3c4ccccc4n4c3c(c21)C1=CC=C2C=CC=CC2C14)c1ccccc1C(=N)n1c2ccccc2c2c3ccccc3ccc21. The maximum atomic E-state index is 10.1. The predicted octanol–water partition coefficient (Wildman–Crippen LogP) is 13.7. The van der Waals surface area contributed by atoms with Gasteiger partial charge in [0, 0.05) is 55.4 Å². The van der Waals surface area contributed by atoms with Crippen molar-refractivity contribution < 1.29 is 0 Å². The molecule has 0 amide bonds. The van der Waals surface area contributed by atoms with Crippen LogP contribution in [0.2, 0.25) is 0 Å². The Morgan fingerprint density at radius 2 is 1.38 bits per heavy atom. The smallest absolute Gasteiger partial charge is 0.137 e. The molecule has 0 saturated heterocycles. The molecule has 7 aromatic carbocycles. The summed E-state index contributed by atoms with van der Waals surface area (Å²) in [5.74, 6) is 0.741. The van der Waals surface area contributed by atoms with Crippen molar-refractivity contribution in [1.29, 1.82) is 10.8 Å². The molecule has 9 aromatic rings. The van der Waals surface area contributed by atoms with Gasteiger partial charge in [0.2, 0.25) is 0 Å². The molecule has 0 radical (unpaired) electrons. The molecule has 60 heavy (non-hydrogen) atoms. The molecule has 3 heterocycles. The zero-order valence-corrected chi connectivity index (χ0v) is 33.0. The Balaban J connectivity index is 0.987. The van der Waals surface area contributed by atoms with Crippen LogP contribution < -0.4 is 0 Å². The van der Waals surface area contributed by atoms with Crippen LogP contribution in [-0.2, 0) is 6.42 Å². The fourth-order valence-electron chi connectivity index (χ4n) is 11.5. The number of rotatable bonds is 4. The van der Waals surface area contributed by atoms with Gasteiger partial charge in [-0.3, -0.25) is 9.98 Å². The number of hydrogen-bond acceptors (Lipinski definition) is 2. The molecule has 284 valence electrons. The van der Waals surface area contributed by atoms with Crippen LogP contribution in [0.15, 0.2) is 182 Å². The van der Waals surface area contributed by atoms with Crippen LogP contribution in [0.1, 0.15) is 52.6 Å². The number of allylic oxidation sites excluding steroid dienone is 8. The number of para-hydroxylation sites is 2. The van der Waals surface area contributed by atoms with Crippen molar-refractivity contribution in [3.63, 3.8) is 0 Å². The third-order valence-corrected chi connectivity index (χ3v) is 14.0. The monoisotopic (exact) mass is 768 g/mol. The van der Waals surface area contributed by atoms with Crippen LogP contribution in [0.3, 0.4) is 0 Å². The lowest BCUT2D eigenvalue weighted by Gasteiger charge is -2.31. The van der Waals surface area contributed by atoms with E-state index in [0.29, 0.717) is 18.0 Å². The van der Waals surface area contributed by atoms with Crippen LogP contribution in [0.4, 0.5) is 0 Å². The topological polar surface area (TPSA) is 57.6 Å². The van der Waals surface area contributed by atoms with Gasteiger partial charge >= 0.3 is 0 Å². The van der Waals surface area contributed by atoms with Crippen molar-refractivity contribution in [2.24, 2.45) is 5.92 Å². The zero-order valence-electron chi connectivity index (χ0n) is 33.0. The normalized spacial score (nSPS) is 18.6. The van der Waals surface area contributed by atoms with Gasteiger partial charge in [-0.05, 0) is 93.6 Å². The first kappa shape index (κ1) is 33.6. The number of fused-ring (bicyclic) bond motifs is 17. The van der Waals surface area contributed by atoms with E-state index in [4.69, 9.17) is 0 Å². The minimum atomic E-state index is 0.0967. The zero-order chi connectivity index (χ0) is 39.6. The molecule has 1 aliphatic heterocycles. The summed E-state index contributed by atoms with van der Waals surface area (Å²) >= 11 is 0. The maximum absolute atomic E-state index is 10.1. The summed E-state index contributed by atoms with van der Waals surface area (Å²) in [6, 6.07) is 50.1. The molecule has 3 atom stereocenters. The fourth-order valence-corrected chi connectivity index (χ4v) is 11.5. The average Bonchev–Trinajstić information content (AvgIpc) is 3.91. The maximum Gasteiger partial charge on any atom is 0.137 e. The van der Waals surface area contributed by atoms with Gasteiger partial charge in [-0.25, -0.2) is 0 Å². The first-order valence-electron chi connectivity index (χ1n) is 21.3. The van der Waals surface area contributed by atoms with Gasteiger partial charge in [0.05, 0.1) is 22.6 Å². The summed E-state index contributed by atoms with van der Waals surface area (Å²) in [5.41, 5.74) is 16.3. The molecule has 4 heteroatoms. The van der Waals surface area contributed by atoms with Gasteiger partial charge in [-0.15, -0.1) is 0 Å². The van der Waals surface area contributed by atoms with Crippen molar-refractivity contribution in [2.45, 2.75) is 31.2 Å². The lowest BCUT2D eigenvalue weighted by molar-refractivity contribution is 0.562. The number of nitrogens with one attached hydrogen (secondary N) is 2. The van der Waals surface area contributed by atoms with Gasteiger partial charge in [-0.2, -0.15) is 0 Å². The molecule has 3 aliphatic carbocycles. The van der Waals surface area contributed by atoms with Gasteiger partial charge in [0.15, 0.2) is 0 Å². The molecule has 4 nitrogen and oxygen atoms in total. The Kier molecular flexibility index (Phi) is 7.07. The van der Waals surface area contributed by atoms with Crippen molar-refractivity contribution in [2.75, 3.05) is 0 Å². The van der Waals surface area contributed by atoms with Crippen molar-refractivity contribution >= 4 is 71.5 Å². The van der Waals surface area contributed by atoms with E-state index >= 15 is 0 Å². The van der Waals surface area contributed by atoms with E-state index in [1.807, 2.05) is 18.2 Å². The molecular formula is C56H40N4. The van der Waals surface area contributed by atoms with E-state index in [2.05, 4.69) is 167 Å². The quantitative estimate of drug-likeness (QED) is 0.132. The second kappa shape index (κ2) is 12.6. The Labute approximate surface area is 347 Å². The predicted molar refractivity (Wildman–Crippen MR) is 250 cm³/mol. The highest BCUT2D eigenvalue weighted by Gasteiger charge is 2.42. The van der Waals surface area contributed by atoms with Gasteiger partial charge < -0.3 is 9.98 Å². The minimum absolute atomic E-state index is 0.0967. The van der Waals surface area contributed by atoms with Gasteiger partial charge in [0.1, 0.15) is 5.84 Å². The van der Waals surface area contributed by atoms with E-state index < -0.39 is 0 Å². The number of nitrogens with zero attached hydrogens (tertiary/aromatic N) is 2. The van der Waals surface area contributed by atoms with E-state index in [1.165, 1.54) is 71.5 Å². The summed E-state index contributed by atoms with van der Waals surface area (Å²) in [6.45, 7) is 0. The van der Waals surface area contributed by atoms with E-state index in [0.717, 1.165) is 45.8 Å². The third kappa shape index (κ3) is 4.56. The molecular weight excluding hydrogens is 729 g/mol. The Bertz CT molecular complexity index is 3520. The standard InChI is InChI=1S/C56H40N4/c57-47(40-19-7-8-21-42(40)56(58)59-49-24-12-10-22-43(49)52-38-17-5-2-14-34(38)28-30-50(52)59)31-36-26-25-33-13-1-4-16-37(33)45-32-46-41-20-9-11-23-48(41)60-54-39-18-6-3-15-35(39)27-29-44(54)53(51(36)45)55(46)60/h1-24,27-30,32,36,39,54,57-58H,25-26,31H2. The number of aromatic nitrogens is 2. The lowest BCUT2D eigenvalue weighted by Crippen LogP contribution is -2.20. The largest absolute Gasteiger partial charge is 0.331 e. The second-order valence-electron chi connectivity index (χ2n) is 17.0. The molecule has 4 aliphatic rings. The molecule has 2 aromatic heterocycles. The first-order valence-corrected chi connectivity index (χ1v) is 21.3. The first-order chi connectivity index (χ1) is 29.6. The highest BCUT2D eigenvalue weighted by molar-refractivity contribution is 6.26. The summed E-state index contributed by atoms with van der Waals surface area (Å²) in [7, 11) is 0. The minimum Gasteiger partial charge on any atom is -0.331 e. The molecule has 0 fully saturated rings. The Morgan fingerprint density at radius 1 is 0.633 bits per heavy atom. The van der Waals surface area contributed by atoms with Crippen LogP contribution in [0, 0.1) is 16.7 Å². The summed E-state index contributed by atoms with van der Waals surface area (Å²) in [5, 5.41) is 27.3. The van der Waals surface area contributed by atoms with Crippen LogP contribution in [0.25, 0.3) is 71.1 Å². The van der Waals surface area contributed by atoms with E-state index in [9.17, 15) is 10.8 Å². The van der Waals surface area contributed by atoms with Crippen LogP contribution in [-0.4, -0.2) is 20.7 Å². The number of aryl methyl sites for hydroxylation is 1. The average molecular weight is 769 g/mol. The third-order valence-electron chi connectivity index (χ3n) is 14.0. The fraction of sp³-hybridized carbons (Fsp3) is 0.107. The van der Waals surface area contributed by atoms with Gasteiger partial charge in [-0.1, -0.05) is 152 Å². The highest BCUT2D eigenvalue weighted by atomic mass is 15.1. The van der Waals surface area contributed by atoms with Crippen LogP contribution >= 0.6 is 0 Å². The highest BCUT2D eigenvalue weighted by Crippen LogP contribution is 2.58. The van der Waals surface area contributed by atoms with Gasteiger partial charge in [0.25, 0.3) is 0 Å². The molecule has 3 unspecified atom stereocenters. The van der Waals surface area contributed by atoms with Crippen molar-refractivity contribution in [1.82, 2.24) is 9.13 Å². The molecule has 0 spiro atoms. The van der Waals surface area contributed by atoms with E-state index in [-0.39, 0.29) is 17.9 Å². The molecule has 0 bridgehead atoms. The number of benzene rings is 7. The Morgan fingerprint density at radius 3 is 2.28 bits per heavy atom. The lowest BCUT2D eigenvalue weighted by atomic mass is 9.75.